The third kappa shape index (κ3) is 2.52. The highest BCUT2D eigenvalue weighted by Gasteiger charge is 2.43. The van der Waals surface area contributed by atoms with Crippen molar-refractivity contribution in [2.45, 2.75) is 31.6 Å². The van der Waals surface area contributed by atoms with Gasteiger partial charge in [0.15, 0.2) is 11.5 Å². The molecule has 1 atom stereocenters. The molecule has 2 aliphatic rings. The van der Waals surface area contributed by atoms with Crippen LogP contribution in [0.5, 0.6) is 11.5 Å². The zero-order chi connectivity index (χ0) is 11.9. The SMILES string of the molecule is Cl.FC1(F)Oc2ccc([C@H]3CCCCN3)cc2O1. The van der Waals surface area contributed by atoms with Gasteiger partial charge in [-0.1, -0.05) is 12.5 Å². The molecule has 3 nitrogen and oxygen atoms in total. The van der Waals surface area contributed by atoms with E-state index in [1.807, 2.05) is 6.07 Å². The molecule has 1 N–H and O–H groups in total. The van der Waals surface area contributed by atoms with Crippen molar-refractivity contribution in [3.05, 3.63) is 23.8 Å². The van der Waals surface area contributed by atoms with Gasteiger partial charge >= 0.3 is 6.29 Å². The Labute approximate surface area is 110 Å². The van der Waals surface area contributed by atoms with Crippen molar-refractivity contribution >= 4 is 12.4 Å². The normalized spacial score (nSPS) is 24.4. The minimum atomic E-state index is -3.53. The van der Waals surface area contributed by atoms with Crippen LogP contribution in [0.4, 0.5) is 8.78 Å². The fourth-order valence-electron chi connectivity index (χ4n) is 2.32. The van der Waals surface area contributed by atoms with E-state index >= 15 is 0 Å². The van der Waals surface area contributed by atoms with Gasteiger partial charge in [0, 0.05) is 6.04 Å². The minimum absolute atomic E-state index is 0. The maximum Gasteiger partial charge on any atom is 0.586 e. The predicted molar refractivity (Wildman–Crippen MR) is 64.5 cm³/mol. The zero-order valence-corrected chi connectivity index (χ0v) is 10.4. The number of ether oxygens (including phenoxy) is 2. The molecule has 1 saturated heterocycles. The van der Waals surface area contributed by atoms with E-state index in [0.717, 1.165) is 24.9 Å². The van der Waals surface area contributed by atoms with Gasteiger partial charge in [0.2, 0.25) is 0 Å². The van der Waals surface area contributed by atoms with Crippen LogP contribution in [-0.4, -0.2) is 12.8 Å². The summed E-state index contributed by atoms with van der Waals surface area (Å²) in [6, 6.07) is 5.22. The second-order valence-corrected chi connectivity index (χ2v) is 4.38. The van der Waals surface area contributed by atoms with Gasteiger partial charge in [0.25, 0.3) is 0 Å². The molecule has 0 amide bonds. The average Bonchev–Trinajstić information content (AvgIpc) is 2.63. The average molecular weight is 278 g/mol. The third-order valence-corrected chi connectivity index (χ3v) is 3.14. The van der Waals surface area contributed by atoms with Gasteiger partial charge in [0.1, 0.15) is 0 Å². The van der Waals surface area contributed by atoms with Crippen molar-refractivity contribution in [1.29, 1.82) is 0 Å². The molecule has 1 fully saturated rings. The first kappa shape index (κ1) is 13.4. The number of alkyl halides is 2. The highest BCUT2D eigenvalue weighted by Crippen LogP contribution is 2.42. The van der Waals surface area contributed by atoms with E-state index in [0.29, 0.717) is 0 Å². The highest BCUT2D eigenvalue weighted by molar-refractivity contribution is 5.85. The molecule has 0 radical (unpaired) electrons. The lowest BCUT2D eigenvalue weighted by Gasteiger charge is -2.23. The van der Waals surface area contributed by atoms with Gasteiger partial charge in [-0.2, -0.15) is 0 Å². The maximum atomic E-state index is 12.9. The fourth-order valence-corrected chi connectivity index (χ4v) is 2.32. The van der Waals surface area contributed by atoms with Crippen molar-refractivity contribution in [3.63, 3.8) is 0 Å². The number of nitrogens with one attached hydrogen (secondary N) is 1. The molecule has 1 aromatic rings. The molecule has 18 heavy (non-hydrogen) atoms. The van der Waals surface area contributed by atoms with Crippen LogP contribution in [0.1, 0.15) is 30.9 Å². The van der Waals surface area contributed by atoms with Gasteiger partial charge in [-0.3, -0.25) is 0 Å². The lowest BCUT2D eigenvalue weighted by molar-refractivity contribution is -0.286. The summed E-state index contributed by atoms with van der Waals surface area (Å²) in [6.45, 7) is 0.968. The predicted octanol–water partition coefficient (Wildman–Crippen LogP) is 3.24. The van der Waals surface area contributed by atoms with Crippen LogP contribution in [0.25, 0.3) is 0 Å². The van der Waals surface area contributed by atoms with Crippen molar-refractivity contribution in [2.24, 2.45) is 0 Å². The van der Waals surface area contributed by atoms with E-state index in [2.05, 4.69) is 14.8 Å². The molecule has 0 aliphatic carbocycles. The molecule has 6 heteroatoms. The summed E-state index contributed by atoms with van der Waals surface area (Å²) in [5.74, 6) is 0.231. The second kappa shape index (κ2) is 4.90. The van der Waals surface area contributed by atoms with Gasteiger partial charge in [0.05, 0.1) is 0 Å². The number of halogens is 3. The lowest BCUT2D eigenvalue weighted by Crippen LogP contribution is -2.26. The van der Waals surface area contributed by atoms with Crippen molar-refractivity contribution in [2.75, 3.05) is 6.54 Å². The third-order valence-electron chi connectivity index (χ3n) is 3.14. The van der Waals surface area contributed by atoms with Crippen LogP contribution in [0, 0.1) is 0 Å². The Bertz CT molecular complexity index is 436. The Balaban J connectivity index is 0.00000120. The molecule has 0 bridgehead atoms. The quantitative estimate of drug-likeness (QED) is 0.855. The van der Waals surface area contributed by atoms with Crippen molar-refractivity contribution in [1.82, 2.24) is 5.32 Å². The van der Waals surface area contributed by atoms with Crippen LogP contribution < -0.4 is 14.8 Å². The summed E-state index contributed by atoms with van der Waals surface area (Å²) in [5.41, 5.74) is 0.977. The first-order valence-electron chi connectivity index (χ1n) is 5.77. The number of fused-ring (bicyclic) bond motifs is 1. The smallest absolute Gasteiger partial charge is 0.395 e. The number of benzene rings is 1. The molecule has 0 aromatic heterocycles. The first-order chi connectivity index (χ1) is 8.14. The van der Waals surface area contributed by atoms with E-state index in [9.17, 15) is 8.78 Å². The summed E-state index contributed by atoms with van der Waals surface area (Å²) in [7, 11) is 0. The van der Waals surface area contributed by atoms with Crippen molar-refractivity contribution < 1.29 is 18.3 Å². The lowest BCUT2D eigenvalue weighted by atomic mass is 9.97. The Hall–Kier alpha value is -1.07. The summed E-state index contributed by atoms with van der Waals surface area (Å²) >= 11 is 0. The molecule has 1 aromatic carbocycles. The van der Waals surface area contributed by atoms with E-state index in [4.69, 9.17) is 0 Å². The zero-order valence-electron chi connectivity index (χ0n) is 9.62. The van der Waals surface area contributed by atoms with Gasteiger partial charge < -0.3 is 14.8 Å². The number of piperidine rings is 1. The Kier molecular flexibility index (Phi) is 3.64. The fraction of sp³-hybridized carbons (Fsp3) is 0.500. The molecule has 2 aliphatic heterocycles. The van der Waals surface area contributed by atoms with Crippen LogP contribution in [-0.2, 0) is 0 Å². The Morgan fingerprint density at radius 3 is 2.67 bits per heavy atom. The molecular weight excluding hydrogens is 264 g/mol. The van der Waals surface area contributed by atoms with E-state index in [1.54, 1.807) is 12.1 Å². The van der Waals surface area contributed by atoms with Crippen LogP contribution in [0.3, 0.4) is 0 Å². The standard InChI is InChI=1S/C12H13F2NO2.ClH/c13-12(14)16-10-5-4-8(7-11(10)17-12)9-3-1-2-6-15-9;/h4-5,7,9,15H,1-3,6H2;1H/t9-;/m1./s1. The number of hydrogen-bond acceptors (Lipinski definition) is 3. The van der Waals surface area contributed by atoms with Crippen molar-refractivity contribution in [3.8, 4) is 11.5 Å². The first-order valence-corrected chi connectivity index (χ1v) is 5.77. The van der Waals surface area contributed by atoms with Crippen LogP contribution >= 0.6 is 12.4 Å². The second-order valence-electron chi connectivity index (χ2n) is 4.38. The molecular formula is C12H14ClF2NO2. The van der Waals surface area contributed by atoms with Gasteiger partial charge in [-0.05, 0) is 37.1 Å². The van der Waals surface area contributed by atoms with Crippen LogP contribution in [0.2, 0.25) is 0 Å². The summed E-state index contributed by atoms with van der Waals surface area (Å²) in [6.07, 6.45) is -0.182. The number of hydrogen-bond donors (Lipinski definition) is 1. The highest BCUT2D eigenvalue weighted by atomic mass is 35.5. The maximum absolute atomic E-state index is 12.9. The molecule has 100 valence electrons. The Morgan fingerprint density at radius 1 is 1.17 bits per heavy atom. The van der Waals surface area contributed by atoms with Crippen LogP contribution in [0.15, 0.2) is 18.2 Å². The molecule has 0 spiro atoms. The summed E-state index contributed by atoms with van der Waals surface area (Å²) < 4.78 is 34.5. The van der Waals surface area contributed by atoms with E-state index in [1.165, 1.54) is 6.42 Å². The van der Waals surface area contributed by atoms with Gasteiger partial charge in [-0.15, -0.1) is 21.2 Å². The van der Waals surface area contributed by atoms with E-state index in [-0.39, 0.29) is 29.9 Å². The minimum Gasteiger partial charge on any atom is -0.395 e. The monoisotopic (exact) mass is 277 g/mol. The molecule has 3 rings (SSSR count). The number of rotatable bonds is 1. The summed E-state index contributed by atoms with van der Waals surface area (Å²) in [4.78, 5) is 0. The topological polar surface area (TPSA) is 30.5 Å². The molecule has 2 heterocycles. The van der Waals surface area contributed by atoms with E-state index < -0.39 is 6.29 Å². The summed E-state index contributed by atoms with van der Waals surface area (Å²) in [5, 5.41) is 3.36. The Morgan fingerprint density at radius 2 is 1.94 bits per heavy atom. The molecule has 0 unspecified atom stereocenters. The molecule has 0 saturated carbocycles. The van der Waals surface area contributed by atoms with Gasteiger partial charge in [-0.25, -0.2) is 0 Å². The largest absolute Gasteiger partial charge is 0.586 e.